The highest BCUT2D eigenvalue weighted by atomic mass is 32.2. The van der Waals surface area contributed by atoms with Crippen LogP contribution in [0.5, 0.6) is 11.5 Å². The molecule has 11 amide bonds. The number of ether oxygens (including phenoxy) is 1. The van der Waals surface area contributed by atoms with Crippen LogP contribution in [-0.4, -0.2) is 172 Å². The summed E-state index contributed by atoms with van der Waals surface area (Å²) in [4.78, 5) is 164. The van der Waals surface area contributed by atoms with Gasteiger partial charge in [-0.15, -0.1) is 0 Å². The molecule has 28 nitrogen and oxygen atoms in total. The van der Waals surface area contributed by atoms with Crippen LogP contribution in [-0.2, 0) is 81.5 Å². The summed E-state index contributed by atoms with van der Waals surface area (Å²) in [7, 11) is 1.33. The van der Waals surface area contributed by atoms with E-state index in [1.165, 1.54) is 67.4 Å². The van der Waals surface area contributed by atoms with Gasteiger partial charge < -0.3 is 85.1 Å². The van der Waals surface area contributed by atoms with E-state index in [1.807, 2.05) is 0 Å². The number of nitrogens with two attached hydrogens (primary N) is 3. The van der Waals surface area contributed by atoms with E-state index in [-0.39, 0.29) is 62.5 Å². The fourth-order valence-electron chi connectivity index (χ4n) is 9.27. The van der Waals surface area contributed by atoms with Crippen molar-refractivity contribution in [1.29, 1.82) is 0 Å². The second kappa shape index (κ2) is 38.7. The number of carboxylic acid groups (broad SMARTS) is 1. The van der Waals surface area contributed by atoms with E-state index in [0.29, 0.717) is 23.3 Å². The second-order valence-electron chi connectivity index (χ2n) is 22.9. The van der Waals surface area contributed by atoms with Gasteiger partial charge in [0, 0.05) is 26.6 Å². The molecule has 91 heavy (non-hydrogen) atoms. The first-order valence-electron chi connectivity index (χ1n) is 29.8. The summed E-state index contributed by atoms with van der Waals surface area (Å²) in [5.41, 5.74) is 19.0. The van der Waals surface area contributed by atoms with E-state index in [0.717, 1.165) is 5.56 Å². The Labute approximate surface area is 533 Å². The van der Waals surface area contributed by atoms with E-state index in [4.69, 9.17) is 21.9 Å². The van der Waals surface area contributed by atoms with Crippen molar-refractivity contribution in [3.63, 3.8) is 0 Å². The summed E-state index contributed by atoms with van der Waals surface area (Å²) >= 11 is 1.42. The number of methoxy groups -OCH3 is 1. The van der Waals surface area contributed by atoms with Crippen molar-refractivity contribution < 1.29 is 77.6 Å². The highest BCUT2D eigenvalue weighted by Gasteiger charge is 2.38. The number of hydrogen-bond donors (Lipinski definition) is 15. The zero-order valence-corrected chi connectivity index (χ0v) is 53.4. The van der Waals surface area contributed by atoms with Crippen LogP contribution >= 0.6 is 11.8 Å². The maximum absolute atomic E-state index is 14.6. The summed E-state index contributed by atoms with van der Waals surface area (Å²) in [6.07, 6.45) is -0.210. The third-order valence-electron chi connectivity index (χ3n) is 14.6. The highest BCUT2D eigenvalue weighted by Crippen LogP contribution is 2.17. The molecule has 0 saturated heterocycles. The van der Waals surface area contributed by atoms with Crippen molar-refractivity contribution in [2.24, 2.45) is 35.0 Å². The van der Waals surface area contributed by atoms with Crippen LogP contribution in [0, 0.1) is 17.8 Å². The van der Waals surface area contributed by atoms with E-state index in [9.17, 15) is 72.9 Å². The average Bonchev–Trinajstić information content (AvgIpc) is 1.12. The molecule has 3 aromatic rings. The average molecular weight is 1290 g/mol. The van der Waals surface area contributed by atoms with E-state index >= 15 is 0 Å². The van der Waals surface area contributed by atoms with Gasteiger partial charge in [0.2, 0.25) is 65.0 Å². The number of amides is 11. The SMILES string of the molecule is CC[C@H](C)[C@H](NC(=O)[C@@H](N)Cc1ccccc1)C(=O)N[C@@H](CC(=O)O)C(=O)N[C@@H](CC(C)C)C(=O)N[C@@H](CC(N)=O)C(=O)N[C@@H](Cc1ccc(O)cc1)C(=O)N[C@@H](CCOC)C(=O)N[C@H](C(=O)N[C@@H](Cc1ccc(O)cc1)C(=O)N[C@@H](CCSC)C(N)=O)C(C)C. The number of nitrogens with one attached hydrogen (secondary N) is 9. The molecule has 3 rings (SSSR count). The molecule has 0 aliphatic heterocycles. The number of phenolic OH excluding ortho intramolecular Hbond substituents is 2. The molecule has 29 heteroatoms. The molecule has 3 aromatic carbocycles. The molecule has 0 bridgehead atoms. The number of carbonyl (C=O) groups is 12. The molecule has 0 aliphatic rings. The van der Waals surface area contributed by atoms with Crippen molar-refractivity contribution in [3.05, 3.63) is 95.6 Å². The molecule has 0 spiro atoms. The largest absolute Gasteiger partial charge is 0.508 e. The molecule has 0 aromatic heterocycles. The van der Waals surface area contributed by atoms with Gasteiger partial charge in [-0.3, -0.25) is 57.5 Å². The van der Waals surface area contributed by atoms with Crippen molar-refractivity contribution in [1.82, 2.24) is 47.9 Å². The minimum absolute atomic E-state index is 0.0605. The number of carboxylic acids is 1. The predicted octanol–water partition coefficient (Wildman–Crippen LogP) is -0.811. The molecule has 0 saturated carbocycles. The Bertz CT molecular complexity index is 2940. The molecule has 0 heterocycles. The smallest absolute Gasteiger partial charge is 0.305 e. The normalized spacial score (nSPS) is 14.8. The minimum atomic E-state index is -1.86. The van der Waals surface area contributed by atoms with Gasteiger partial charge in [0.25, 0.3) is 0 Å². The Hall–Kier alpha value is -8.83. The number of benzene rings is 3. The van der Waals surface area contributed by atoms with Gasteiger partial charge in [-0.2, -0.15) is 11.8 Å². The van der Waals surface area contributed by atoms with Crippen LogP contribution in [0.4, 0.5) is 0 Å². The number of primary amides is 2. The highest BCUT2D eigenvalue weighted by molar-refractivity contribution is 7.98. The molecule has 18 N–H and O–H groups in total. The van der Waals surface area contributed by atoms with E-state index in [1.54, 1.807) is 78.1 Å². The Kier molecular flexibility index (Phi) is 32.5. The monoisotopic (exact) mass is 1290 g/mol. The van der Waals surface area contributed by atoms with Crippen LogP contribution in [0.1, 0.15) is 96.8 Å². The Morgan fingerprint density at radius 1 is 0.495 bits per heavy atom. The number of hydrogen-bond acceptors (Lipinski definition) is 17. The third kappa shape index (κ3) is 27.0. The lowest BCUT2D eigenvalue weighted by atomic mass is 9.96. The molecule has 0 aliphatic carbocycles. The zero-order valence-electron chi connectivity index (χ0n) is 52.6. The van der Waals surface area contributed by atoms with Crippen LogP contribution in [0.25, 0.3) is 0 Å². The van der Waals surface area contributed by atoms with Crippen molar-refractivity contribution >= 4 is 82.7 Å². The van der Waals surface area contributed by atoms with Crippen LogP contribution < -0.4 is 65.1 Å². The lowest BCUT2D eigenvalue weighted by molar-refractivity contribution is -0.142. The zero-order chi connectivity index (χ0) is 68.1. The predicted molar refractivity (Wildman–Crippen MR) is 338 cm³/mol. The van der Waals surface area contributed by atoms with Gasteiger partial charge in [-0.25, -0.2) is 0 Å². The molecule has 0 unspecified atom stereocenters. The first-order valence-corrected chi connectivity index (χ1v) is 31.2. The van der Waals surface area contributed by atoms with Crippen molar-refractivity contribution in [2.45, 2.75) is 160 Å². The summed E-state index contributed by atoms with van der Waals surface area (Å²) < 4.78 is 5.26. The summed E-state index contributed by atoms with van der Waals surface area (Å²) in [5.74, 6) is -13.3. The lowest BCUT2D eigenvalue weighted by Crippen LogP contribution is -2.62. The number of rotatable bonds is 40. The van der Waals surface area contributed by atoms with Crippen LogP contribution in [0.15, 0.2) is 78.9 Å². The third-order valence-corrected chi connectivity index (χ3v) is 15.2. The number of phenols is 2. The Balaban J connectivity index is 1.94. The first-order chi connectivity index (χ1) is 43.0. The maximum Gasteiger partial charge on any atom is 0.305 e. The van der Waals surface area contributed by atoms with Gasteiger partial charge in [-0.05, 0) is 96.4 Å². The van der Waals surface area contributed by atoms with Gasteiger partial charge in [0.1, 0.15) is 65.9 Å². The quantitative estimate of drug-likeness (QED) is 0.0331. The van der Waals surface area contributed by atoms with Crippen molar-refractivity contribution in [3.8, 4) is 11.5 Å². The molecular weight excluding hydrogens is 1200 g/mol. The maximum atomic E-state index is 14.6. The van der Waals surface area contributed by atoms with Crippen LogP contribution in [0.3, 0.4) is 0 Å². The summed E-state index contributed by atoms with van der Waals surface area (Å²) in [6.45, 7) is 9.83. The number of carbonyl (C=O) groups excluding carboxylic acids is 11. The van der Waals surface area contributed by atoms with Gasteiger partial charge in [0.15, 0.2) is 0 Å². The van der Waals surface area contributed by atoms with Gasteiger partial charge in [-0.1, -0.05) is 103 Å². The Morgan fingerprint density at radius 3 is 1.38 bits per heavy atom. The van der Waals surface area contributed by atoms with E-state index < -0.39 is 156 Å². The van der Waals surface area contributed by atoms with Crippen LogP contribution in [0.2, 0.25) is 0 Å². The summed E-state index contributed by atoms with van der Waals surface area (Å²) in [6, 6.07) is 5.59. The lowest BCUT2D eigenvalue weighted by Gasteiger charge is -2.29. The van der Waals surface area contributed by atoms with Gasteiger partial charge >= 0.3 is 5.97 Å². The Morgan fingerprint density at radius 2 is 0.912 bits per heavy atom. The first kappa shape index (κ1) is 76.4. The molecule has 11 atom stereocenters. The molecular formula is C62H90N12O16S. The fraction of sp³-hybridized carbons (Fsp3) is 0.516. The fourth-order valence-corrected chi connectivity index (χ4v) is 9.74. The minimum Gasteiger partial charge on any atom is -0.508 e. The van der Waals surface area contributed by atoms with Gasteiger partial charge in [0.05, 0.1) is 18.9 Å². The summed E-state index contributed by atoms with van der Waals surface area (Å²) in [5, 5.41) is 52.8. The number of aliphatic carboxylic acids is 1. The standard InChI is InChI=1S/C62H90N12O16S/c1-9-35(6)52(74-54(81)41(63)28-36-13-11-10-12-14-36)62(89)72-48(32-50(78)79)60(87)68-44(27-33(2)3)56(83)70-47(31-49(64)77)59(86)69-45(29-37-15-19-39(75)20-16-37)58(85)67-43(23-25-90-7)55(82)73-51(34(4)5)61(88)71-46(30-38-17-21-40(76)22-18-38)57(84)66-42(53(65)80)24-26-91-8/h10-22,33-35,41-48,51-52,75-76H,9,23-32,63H2,1-8H3,(H2,64,77)(H2,65,80)(H,66,84)(H,67,85)(H,68,87)(H,69,86)(H,70,83)(H,71,88)(H,72,89)(H,73,82)(H,74,81)(H,78,79)/t35-,41-,42-,43-,44-,45-,46-,47-,48-,51-,52-/m0/s1. The van der Waals surface area contributed by atoms with Crippen molar-refractivity contribution in [2.75, 3.05) is 25.7 Å². The van der Waals surface area contributed by atoms with E-state index in [2.05, 4.69) is 47.9 Å². The molecule has 0 radical (unpaired) electrons. The topological polar surface area (TPSA) is 461 Å². The number of aromatic hydroxyl groups is 2. The second-order valence-corrected chi connectivity index (χ2v) is 23.9. The number of thioether (sulfide) groups is 1. The molecule has 0 fully saturated rings. The molecule has 500 valence electrons.